The maximum atomic E-state index is 10.6. The number of aryl methyl sites for hydroxylation is 1. The van der Waals surface area contributed by atoms with Gasteiger partial charge in [-0.2, -0.15) is 0 Å². The van der Waals surface area contributed by atoms with Crippen molar-refractivity contribution in [3.63, 3.8) is 0 Å². The molecule has 0 fully saturated rings. The fraction of sp³-hybridized carbons (Fsp3) is 0.357. The average Bonchev–Trinajstić information content (AvgIpc) is 2.66. The molecule has 0 aliphatic carbocycles. The number of hydrogen-bond donors (Lipinski definition) is 2. The molecule has 5 heteroatoms. The third kappa shape index (κ3) is 2.88. The lowest BCUT2D eigenvalue weighted by Gasteiger charge is -2.21. The summed E-state index contributed by atoms with van der Waals surface area (Å²) in [5.41, 5.74) is 2.10. The molecule has 5 nitrogen and oxygen atoms in total. The topological polar surface area (TPSA) is 65.7 Å². The lowest BCUT2D eigenvalue weighted by atomic mass is 10.2. The van der Waals surface area contributed by atoms with Crippen molar-refractivity contribution in [2.75, 3.05) is 18.5 Å². The number of hydrogen-bond acceptors (Lipinski definition) is 3. The maximum absolute atomic E-state index is 10.6. The van der Waals surface area contributed by atoms with E-state index in [9.17, 15) is 9.90 Å². The van der Waals surface area contributed by atoms with Gasteiger partial charge in [0.2, 0.25) is 0 Å². The lowest BCUT2D eigenvalue weighted by Crippen LogP contribution is -2.30. The highest BCUT2D eigenvalue weighted by Crippen LogP contribution is 2.27. The van der Waals surface area contributed by atoms with Crippen LogP contribution in [-0.2, 0) is 11.8 Å². The van der Waals surface area contributed by atoms with E-state index in [1.54, 1.807) is 0 Å². The summed E-state index contributed by atoms with van der Waals surface area (Å²) < 4.78 is 2.02. The van der Waals surface area contributed by atoms with Gasteiger partial charge >= 0.3 is 5.97 Å². The Morgan fingerprint density at radius 2 is 2.11 bits per heavy atom. The van der Waals surface area contributed by atoms with Gasteiger partial charge in [0.05, 0.1) is 18.2 Å². The summed E-state index contributed by atoms with van der Waals surface area (Å²) in [6, 6.07) is 7.99. The first-order valence-electron chi connectivity index (χ1n) is 6.14. The number of carboxylic acid groups (broad SMARTS) is 1. The summed E-state index contributed by atoms with van der Waals surface area (Å²) in [5.74, 6) is -0.987. The van der Waals surface area contributed by atoms with E-state index in [-0.39, 0.29) is 6.42 Å². The molecule has 0 saturated carbocycles. The second-order valence-corrected chi connectivity index (χ2v) is 4.77. The number of fused-ring (bicyclic) bond motifs is 1. The SMILES string of the molecule is CN(CC(O)CC(=O)O)c1cn(C)c2ccccc12. The molecule has 1 atom stereocenters. The Hall–Kier alpha value is -2.01. The second-order valence-electron chi connectivity index (χ2n) is 4.77. The molecular formula is C14H18N2O3. The van der Waals surface area contributed by atoms with Crippen molar-refractivity contribution in [2.45, 2.75) is 12.5 Å². The summed E-state index contributed by atoms with van der Waals surface area (Å²) >= 11 is 0. The Kier molecular flexibility index (Phi) is 3.76. The molecule has 1 aromatic carbocycles. The van der Waals surface area contributed by atoms with Crippen LogP contribution >= 0.6 is 0 Å². The Morgan fingerprint density at radius 1 is 1.42 bits per heavy atom. The van der Waals surface area contributed by atoms with Crippen LogP contribution in [0.15, 0.2) is 30.5 Å². The van der Waals surface area contributed by atoms with E-state index in [1.165, 1.54) is 0 Å². The number of nitrogens with zero attached hydrogens (tertiary/aromatic N) is 2. The van der Waals surface area contributed by atoms with Crippen LogP contribution in [0.5, 0.6) is 0 Å². The zero-order chi connectivity index (χ0) is 14.0. The minimum Gasteiger partial charge on any atom is -0.481 e. The quantitative estimate of drug-likeness (QED) is 0.856. The van der Waals surface area contributed by atoms with Crippen molar-refractivity contribution in [2.24, 2.45) is 7.05 Å². The van der Waals surface area contributed by atoms with E-state index in [2.05, 4.69) is 0 Å². The minimum atomic E-state index is -0.987. The summed E-state index contributed by atoms with van der Waals surface area (Å²) in [6.45, 7) is 0.292. The number of aliphatic hydroxyl groups is 1. The second kappa shape index (κ2) is 5.32. The van der Waals surface area contributed by atoms with E-state index in [0.717, 1.165) is 16.6 Å². The number of rotatable bonds is 5. The van der Waals surface area contributed by atoms with Gasteiger partial charge in [-0.25, -0.2) is 0 Å². The van der Waals surface area contributed by atoms with Gasteiger partial charge < -0.3 is 19.7 Å². The third-order valence-electron chi connectivity index (χ3n) is 3.18. The Balaban J connectivity index is 2.22. The molecule has 2 aromatic rings. The highest BCUT2D eigenvalue weighted by molar-refractivity contribution is 5.93. The van der Waals surface area contributed by atoms with Crippen LogP contribution in [0.1, 0.15) is 6.42 Å². The van der Waals surface area contributed by atoms with Crippen LogP contribution in [0.3, 0.4) is 0 Å². The Bertz CT molecular complexity index is 591. The van der Waals surface area contributed by atoms with Gasteiger partial charge in [-0.15, -0.1) is 0 Å². The molecule has 1 unspecified atom stereocenters. The van der Waals surface area contributed by atoms with E-state index < -0.39 is 12.1 Å². The Labute approximate surface area is 111 Å². The molecule has 0 saturated heterocycles. The molecule has 2 N–H and O–H groups in total. The molecular weight excluding hydrogens is 244 g/mol. The van der Waals surface area contributed by atoms with E-state index in [1.807, 2.05) is 54.0 Å². The van der Waals surface area contributed by atoms with Crippen LogP contribution in [0.4, 0.5) is 5.69 Å². The summed E-state index contributed by atoms with van der Waals surface area (Å²) in [5, 5.41) is 19.5. The fourth-order valence-electron chi connectivity index (χ4n) is 2.31. The highest BCUT2D eigenvalue weighted by Gasteiger charge is 2.15. The number of aliphatic hydroxyl groups excluding tert-OH is 1. The van der Waals surface area contributed by atoms with Crippen molar-refractivity contribution in [1.82, 2.24) is 4.57 Å². The molecule has 0 amide bonds. The van der Waals surface area contributed by atoms with Crippen LogP contribution in [-0.4, -0.2) is 40.4 Å². The van der Waals surface area contributed by atoms with E-state index in [0.29, 0.717) is 6.54 Å². The molecule has 0 aliphatic rings. The summed E-state index contributed by atoms with van der Waals surface area (Å²) in [4.78, 5) is 12.4. The summed E-state index contributed by atoms with van der Waals surface area (Å²) in [6.07, 6.45) is 0.870. The Morgan fingerprint density at radius 3 is 2.79 bits per heavy atom. The standard InChI is InChI=1S/C14H18N2O3/c1-15(8-10(17)7-14(18)19)13-9-16(2)12-6-4-3-5-11(12)13/h3-6,9-10,17H,7-8H2,1-2H3,(H,18,19). The van der Waals surface area contributed by atoms with Crippen molar-refractivity contribution in [3.8, 4) is 0 Å². The molecule has 102 valence electrons. The molecule has 0 spiro atoms. The first-order chi connectivity index (χ1) is 8.99. The van der Waals surface area contributed by atoms with E-state index in [4.69, 9.17) is 5.11 Å². The first kappa shape index (κ1) is 13.4. The van der Waals surface area contributed by atoms with Gasteiger partial charge in [0.1, 0.15) is 0 Å². The number of aromatic nitrogens is 1. The first-order valence-corrected chi connectivity index (χ1v) is 6.14. The smallest absolute Gasteiger partial charge is 0.306 e. The van der Waals surface area contributed by atoms with Crippen LogP contribution in [0.25, 0.3) is 10.9 Å². The normalized spacial score (nSPS) is 12.6. The molecule has 2 rings (SSSR count). The summed E-state index contributed by atoms with van der Waals surface area (Å²) in [7, 11) is 3.82. The largest absolute Gasteiger partial charge is 0.481 e. The monoisotopic (exact) mass is 262 g/mol. The van der Waals surface area contributed by atoms with Crippen molar-refractivity contribution in [3.05, 3.63) is 30.5 Å². The zero-order valence-corrected chi connectivity index (χ0v) is 11.1. The molecule has 1 aromatic heterocycles. The van der Waals surface area contributed by atoms with Crippen LogP contribution < -0.4 is 4.90 Å². The lowest BCUT2D eigenvalue weighted by molar-refractivity contribution is -0.139. The third-order valence-corrected chi connectivity index (χ3v) is 3.18. The van der Waals surface area contributed by atoms with Crippen molar-refractivity contribution < 1.29 is 15.0 Å². The van der Waals surface area contributed by atoms with Gasteiger partial charge in [-0.1, -0.05) is 18.2 Å². The number of carboxylic acids is 1. The van der Waals surface area contributed by atoms with Gasteiger partial charge in [-0.05, 0) is 6.07 Å². The highest BCUT2D eigenvalue weighted by atomic mass is 16.4. The number of para-hydroxylation sites is 1. The molecule has 0 bridgehead atoms. The van der Waals surface area contributed by atoms with Crippen LogP contribution in [0, 0.1) is 0 Å². The van der Waals surface area contributed by atoms with Gasteiger partial charge in [0.15, 0.2) is 0 Å². The van der Waals surface area contributed by atoms with Gasteiger partial charge in [-0.3, -0.25) is 4.79 Å². The predicted molar refractivity (Wildman–Crippen MR) is 74.4 cm³/mol. The molecule has 0 radical (unpaired) electrons. The van der Waals surface area contributed by atoms with E-state index >= 15 is 0 Å². The minimum absolute atomic E-state index is 0.241. The predicted octanol–water partition coefficient (Wildman–Crippen LogP) is 1.45. The zero-order valence-electron chi connectivity index (χ0n) is 11.1. The maximum Gasteiger partial charge on any atom is 0.306 e. The number of aliphatic carboxylic acids is 1. The molecule has 0 aliphatic heterocycles. The molecule has 1 heterocycles. The fourth-order valence-corrected chi connectivity index (χ4v) is 2.31. The number of benzene rings is 1. The number of anilines is 1. The number of likely N-dealkylation sites (N-methyl/N-ethyl adjacent to an activating group) is 1. The number of carbonyl (C=O) groups is 1. The van der Waals surface area contributed by atoms with Crippen molar-refractivity contribution >= 4 is 22.6 Å². The van der Waals surface area contributed by atoms with Crippen LogP contribution in [0.2, 0.25) is 0 Å². The van der Waals surface area contributed by atoms with Gasteiger partial charge in [0, 0.05) is 37.7 Å². The average molecular weight is 262 g/mol. The van der Waals surface area contributed by atoms with Crippen molar-refractivity contribution in [1.29, 1.82) is 0 Å². The van der Waals surface area contributed by atoms with Gasteiger partial charge in [0.25, 0.3) is 0 Å². The molecule has 19 heavy (non-hydrogen) atoms.